The summed E-state index contributed by atoms with van der Waals surface area (Å²) in [7, 11) is 0. The summed E-state index contributed by atoms with van der Waals surface area (Å²) in [5.74, 6) is -0.115. The topological polar surface area (TPSA) is 29.1 Å². The molecule has 0 fully saturated rings. The number of para-hydroxylation sites is 1. The molecule has 1 amide bonds. The third-order valence-corrected chi connectivity index (χ3v) is 3.83. The summed E-state index contributed by atoms with van der Waals surface area (Å²) in [5.41, 5.74) is 0.0267. The van der Waals surface area contributed by atoms with E-state index in [2.05, 4.69) is 50.3 Å². The van der Waals surface area contributed by atoms with Gasteiger partial charge in [0.2, 0.25) is 5.91 Å². The van der Waals surface area contributed by atoms with Crippen molar-refractivity contribution in [2.45, 2.75) is 13.3 Å². The monoisotopic (exact) mass is 371 g/mol. The van der Waals surface area contributed by atoms with Crippen LogP contribution >= 0.6 is 31.9 Å². The van der Waals surface area contributed by atoms with Crippen molar-refractivity contribution in [2.24, 2.45) is 5.41 Å². The van der Waals surface area contributed by atoms with Gasteiger partial charge in [0.15, 0.2) is 0 Å². The Labute approximate surface area is 124 Å². The van der Waals surface area contributed by atoms with E-state index < -0.39 is 5.41 Å². The van der Waals surface area contributed by atoms with Gasteiger partial charge >= 0.3 is 0 Å². The highest BCUT2D eigenvalue weighted by Gasteiger charge is 2.35. The number of anilines is 1. The van der Waals surface area contributed by atoms with E-state index in [4.69, 9.17) is 0 Å². The summed E-state index contributed by atoms with van der Waals surface area (Å²) < 4.78 is 1.39. The Bertz CT molecular complexity index is 470. The van der Waals surface area contributed by atoms with Crippen LogP contribution in [0.5, 0.6) is 0 Å². The Morgan fingerprint density at radius 3 is 2.28 bits per heavy atom. The lowest BCUT2D eigenvalue weighted by molar-refractivity contribution is -0.122. The summed E-state index contributed by atoms with van der Waals surface area (Å²) in [4.78, 5) is 12.3. The van der Waals surface area contributed by atoms with Crippen molar-refractivity contribution < 1.29 is 4.79 Å². The zero-order chi connectivity index (χ0) is 13.8. The lowest BCUT2D eigenvalue weighted by Gasteiger charge is -2.27. The van der Waals surface area contributed by atoms with Gasteiger partial charge in [-0.2, -0.15) is 0 Å². The fourth-order valence-electron chi connectivity index (χ4n) is 1.47. The highest BCUT2D eigenvalue weighted by molar-refractivity contribution is 9.12. The van der Waals surface area contributed by atoms with E-state index in [-0.39, 0.29) is 5.91 Å². The SMILES string of the molecule is C=C(Br)CC(C)(C(=C)Br)C(=O)Nc1ccccc1. The van der Waals surface area contributed by atoms with Crippen LogP contribution in [-0.4, -0.2) is 5.91 Å². The molecule has 1 atom stereocenters. The van der Waals surface area contributed by atoms with Gasteiger partial charge in [-0.25, -0.2) is 0 Å². The predicted octanol–water partition coefficient (Wildman–Crippen LogP) is 4.84. The van der Waals surface area contributed by atoms with E-state index in [1.807, 2.05) is 37.3 Å². The molecule has 1 unspecified atom stereocenters. The molecular formula is C14H15Br2NO. The molecule has 0 aromatic heterocycles. The Kier molecular flexibility index (Phi) is 5.35. The average molecular weight is 373 g/mol. The van der Waals surface area contributed by atoms with Crippen molar-refractivity contribution in [3.05, 3.63) is 52.5 Å². The molecule has 1 aromatic carbocycles. The molecule has 96 valence electrons. The van der Waals surface area contributed by atoms with Crippen LogP contribution in [0, 0.1) is 5.41 Å². The Hall–Kier alpha value is -0.870. The van der Waals surface area contributed by atoms with E-state index in [0.29, 0.717) is 10.9 Å². The maximum Gasteiger partial charge on any atom is 0.235 e. The van der Waals surface area contributed by atoms with Crippen LogP contribution in [0.4, 0.5) is 5.69 Å². The summed E-state index contributed by atoms with van der Waals surface area (Å²) in [6, 6.07) is 9.34. The number of benzene rings is 1. The van der Waals surface area contributed by atoms with E-state index in [1.54, 1.807) is 0 Å². The normalized spacial score (nSPS) is 13.5. The van der Waals surface area contributed by atoms with Gasteiger partial charge in [-0.15, -0.1) is 0 Å². The first-order valence-corrected chi connectivity index (χ1v) is 6.99. The highest BCUT2D eigenvalue weighted by Crippen LogP contribution is 2.38. The molecule has 0 spiro atoms. The number of allylic oxidation sites excluding steroid dienone is 1. The number of halogens is 2. The van der Waals surface area contributed by atoms with Gasteiger partial charge in [-0.05, 0) is 30.0 Å². The number of rotatable bonds is 5. The minimum atomic E-state index is -0.740. The summed E-state index contributed by atoms with van der Waals surface area (Å²) in [6.07, 6.45) is 0.482. The number of nitrogens with one attached hydrogen (secondary N) is 1. The Balaban J connectivity index is 2.91. The van der Waals surface area contributed by atoms with Gasteiger partial charge < -0.3 is 5.32 Å². The fourth-order valence-corrected chi connectivity index (χ4v) is 2.35. The molecule has 1 N–H and O–H groups in total. The van der Waals surface area contributed by atoms with Gasteiger partial charge in [0, 0.05) is 10.2 Å². The van der Waals surface area contributed by atoms with Crippen molar-refractivity contribution >= 4 is 43.5 Å². The lowest BCUT2D eigenvalue weighted by atomic mass is 9.85. The predicted molar refractivity (Wildman–Crippen MR) is 83.9 cm³/mol. The molecule has 0 saturated carbocycles. The molecule has 0 aliphatic carbocycles. The molecular weight excluding hydrogens is 358 g/mol. The first-order chi connectivity index (χ1) is 8.36. The Morgan fingerprint density at radius 2 is 1.83 bits per heavy atom. The van der Waals surface area contributed by atoms with Crippen molar-refractivity contribution in [3.63, 3.8) is 0 Å². The van der Waals surface area contributed by atoms with Crippen LogP contribution in [-0.2, 0) is 4.79 Å². The quantitative estimate of drug-likeness (QED) is 0.787. The zero-order valence-electron chi connectivity index (χ0n) is 10.2. The fraction of sp³-hybridized carbons (Fsp3) is 0.214. The maximum absolute atomic E-state index is 12.3. The van der Waals surface area contributed by atoms with Crippen LogP contribution in [0.2, 0.25) is 0 Å². The molecule has 0 heterocycles. The lowest BCUT2D eigenvalue weighted by Crippen LogP contribution is -2.33. The van der Waals surface area contributed by atoms with Crippen LogP contribution in [0.3, 0.4) is 0 Å². The van der Waals surface area contributed by atoms with E-state index >= 15 is 0 Å². The number of carbonyl (C=O) groups is 1. The molecule has 1 rings (SSSR count). The molecule has 4 heteroatoms. The van der Waals surface area contributed by atoms with Crippen LogP contribution in [0.15, 0.2) is 52.5 Å². The first kappa shape index (κ1) is 15.2. The molecule has 18 heavy (non-hydrogen) atoms. The van der Waals surface area contributed by atoms with Crippen LogP contribution in [0.25, 0.3) is 0 Å². The average Bonchev–Trinajstić information content (AvgIpc) is 2.29. The molecule has 0 aliphatic rings. The van der Waals surface area contributed by atoms with Gasteiger partial charge in [-0.3, -0.25) is 4.79 Å². The second kappa shape index (κ2) is 6.34. The number of hydrogen-bond donors (Lipinski definition) is 1. The molecule has 1 aromatic rings. The molecule has 0 bridgehead atoms. The molecule has 2 nitrogen and oxygen atoms in total. The number of hydrogen-bond acceptors (Lipinski definition) is 1. The van der Waals surface area contributed by atoms with Crippen LogP contribution < -0.4 is 5.32 Å². The zero-order valence-corrected chi connectivity index (χ0v) is 13.3. The van der Waals surface area contributed by atoms with E-state index in [9.17, 15) is 4.79 Å². The number of carbonyl (C=O) groups excluding carboxylic acids is 1. The van der Waals surface area contributed by atoms with Gasteiger partial charge in [0.05, 0.1) is 5.41 Å². The summed E-state index contributed by atoms with van der Waals surface area (Å²) >= 11 is 6.62. The third-order valence-electron chi connectivity index (χ3n) is 2.68. The standard InChI is InChI=1S/C14H15Br2NO/c1-10(15)9-14(3,11(2)16)13(18)17-12-7-5-4-6-8-12/h4-8H,1-2,9H2,3H3,(H,17,18). The van der Waals surface area contributed by atoms with E-state index in [1.165, 1.54) is 0 Å². The largest absolute Gasteiger partial charge is 0.325 e. The minimum Gasteiger partial charge on any atom is -0.325 e. The van der Waals surface area contributed by atoms with Crippen molar-refractivity contribution in [1.82, 2.24) is 0 Å². The third kappa shape index (κ3) is 3.82. The first-order valence-electron chi connectivity index (χ1n) is 5.41. The molecule has 0 saturated heterocycles. The van der Waals surface area contributed by atoms with Crippen LogP contribution in [0.1, 0.15) is 13.3 Å². The van der Waals surface area contributed by atoms with Crippen molar-refractivity contribution in [1.29, 1.82) is 0 Å². The Morgan fingerprint density at radius 1 is 1.28 bits per heavy atom. The second-order valence-electron chi connectivity index (χ2n) is 4.25. The van der Waals surface area contributed by atoms with Crippen molar-refractivity contribution in [3.8, 4) is 0 Å². The second-order valence-corrected chi connectivity index (χ2v) is 6.33. The van der Waals surface area contributed by atoms with Gasteiger partial charge in [0.25, 0.3) is 0 Å². The molecule has 0 radical (unpaired) electrons. The molecule has 0 aliphatic heterocycles. The summed E-state index contributed by atoms with van der Waals surface area (Å²) in [5, 5.41) is 2.88. The van der Waals surface area contributed by atoms with Gasteiger partial charge in [0.1, 0.15) is 0 Å². The van der Waals surface area contributed by atoms with Gasteiger partial charge in [-0.1, -0.05) is 63.2 Å². The smallest absolute Gasteiger partial charge is 0.235 e. The minimum absolute atomic E-state index is 0.115. The van der Waals surface area contributed by atoms with Crippen molar-refractivity contribution in [2.75, 3.05) is 5.32 Å². The number of amides is 1. The highest BCUT2D eigenvalue weighted by atomic mass is 79.9. The summed E-state index contributed by atoms with van der Waals surface area (Å²) in [6.45, 7) is 9.45. The maximum atomic E-state index is 12.3. The van der Waals surface area contributed by atoms with E-state index in [0.717, 1.165) is 10.2 Å².